The first-order valence-corrected chi connectivity index (χ1v) is 7.61. The van der Waals surface area contributed by atoms with Gasteiger partial charge in [-0.3, -0.25) is 4.79 Å². The van der Waals surface area contributed by atoms with Crippen molar-refractivity contribution >= 4 is 5.97 Å². The zero-order valence-corrected chi connectivity index (χ0v) is 12.9. The average molecular weight is 291 g/mol. The molecule has 2 rings (SSSR count). The number of hydrogen-bond donors (Lipinski definition) is 1. The molecule has 4 nitrogen and oxygen atoms in total. The van der Waals surface area contributed by atoms with Crippen molar-refractivity contribution in [2.24, 2.45) is 5.92 Å². The minimum atomic E-state index is -0.548. The van der Waals surface area contributed by atoms with Gasteiger partial charge >= 0.3 is 5.97 Å². The van der Waals surface area contributed by atoms with E-state index >= 15 is 0 Å². The Labute approximate surface area is 126 Å². The van der Waals surface area contributed by atoms with E-state index in [9.17, 15) is 9.90 Å². The van der Waals surface area contributed by atoms with Crippen molar-refractivity contribution in [1.29, 1.82) is 0 Å². The van der Waals surface area contributed by atoms with Crippen LogP contribution in [0.3, 0.4) is 0 Å². The highest BCUT2D eigenvalue weighted by Gasteiger charge is 2.29. The number of likely N-dealkylation sites (tertiary alicyclic amines) is 1. The molecule has 0 radical (unpaired) electrons. The molecule has 21 heavy (non-hydrogen) atoms. The summed E-state index contributed by atoms with van der Waals surface area (Å²) in [5.41, 5.74) is 0.458. The van der Waals surface area contributed by atoms with Crippen molar-refractivity contribution in [1.82, 2.24) is 4.90 Å². The fourth-order valence-corrected chi connectivity index (χ4v) is 2.55. The SMILES string of the molecule is CC(CN1CCC(C)(O)CC1)C(=O)OCc1ccccc1. The zero-order chi connectivity index (χ0) is 15.3. The van der Waals surface area contributed by atoms with Gasteiger partial charge in [0, 0.05) is 19.6 Å². The summed E-state index contributed by atoms with van der Waals surface area (Å²) in [6.45, 7) is 6.48. The fraction of sp³-hybridized carbons (Fsp3) is 0.588. The highest BCUT2D eigenvalue weighted by atomic mass is 16.5. The third-order valence-electron chi connectivity index (χ3n) is 4.09. The summed E-state index contributed by atoms with van der Waals surface area (Å²) in [7, 11) is 0. The van der Waals surface area contributed by atoms with E-state index < -0.39 is 5.60 Å². The molecule has 1 aliphatic rings. The lowest BCUT2D eigenvalue weighted by molar-refractivity contribution is -0.150. The molecule has 1 heterocycles. The first kappa shape index (κ1) is 16.0. The van der Waals surface area contributed by atoms with Crippen molar-refractivity contribution in [2.45, 2.75) is 38.9 Å². The van der Waals surface area contributed by atoms with E-state index in [0.29, 0.717) is 13.2 Å². The maximum absolute atomic E-state index is 12.0. The average Bonchev–Trinajstić information content (AvgIpc) is 2.48. The molecule has 116 valence electrons. The Balaban J connectivity index is 1.73. The molecule has 0 aliphatic carbocycles. The highest BCUT2D eigenvalue weighted by Crippen LogP contribution is 2.21. The number of benzene rings is 1. The van der Waals surface area contributed by atoms with Gasteiger partial charge in [0.2, 0.25) is 0 Å². The summed E-state index contributed by atoms with van der Waals surface area (Å²) in [4.78, 5) is 14.2. The van der Waals surface area contributed by atoms with Gasteiger partial charge in [0.05, 0.1) is 11.5 Å². The van der Waals surface area contributed by atoms with Crippen LogP contribution in [0.4, 0.5) is 0 Å². The number of esters is 1. The predicted octanol–water partition coefficient (Wildman–Crippen LogP) is 2.21. The maximum atomic E-state index is 12.0. The molecule has 4 heteroatoms. The Bertz CT molecular complexity index is 448. The number of carbonyl (C=O) groups excluding carboxylic acids is 1. The van der Waals surface area contributed by atoms with Crippen LogP contribution in [-0.4, -0.2) is 41.2 Å². The first-order valence-electron chi connectivity index (χ1n) is 7.61. The molecule has 0 aromatic heterocycles. The Morgan fingerprint density at radius 3 is 2.57 bits per heavy atom. The van der Waals surface area contributed by atoms with Gasteiger partial charge in [-0.05, 0) is 25.3 Å². The van der Waals surface area contributed by atoms with Gasteiger partial charge in [-0.2, -0.15) is 0 Å². The molecular weight excluding hydrogens is 266 g/mol. The van der Waals surface area contributed by atoms with Gasteiger partial charge in [0.1, 0.15) is 6.61 Å². The monoisotopic (exact) mass is 291 g/mol. The Kier molecular flexibility index (Phi) is 5.37. The van der Waals surface area contributed by atoms with Gasteiger partial charge < -0.3 is 14.7 Å². The molecule has 0 saturated carbocycles. The van der Waals surface area contributed by atoms with Gasteiger partial charge in [0.25, 0.3) is 0 Å². The number of hydrogen-bond acceptors (Lipinski definition) is 4. The maximum Gasteiger partial charge on any atom is 0.310 e. The quantitative estimate of drug-likeness (QED) is 0.845. The number of piperidine rings is 1. The summed E-state index contributed by atoms with van der Waals surface area (Å²) in [6.07, 6.45) is 1.53. The van der Waals surface area contributed by atoms with E-state index in [0.717, 1.165) is 31.5 Å². The minimum Gasteiger partial charge on any atom is -0.461 e. The highest BCUT2D eigenvalue weighted by molar-refractivity contribution is 5.72. The molecule has 1 atom stereocenters. The molecular formula is C17H25NO3. The van der Waals surface area contributed by atoms with Crippen LogP contribution in [0.15, 0.2) is 30.3 Å². The van der Waals surface area contributed by atoms with Crippen molar-refractivity contribution in [3.8, 4) is 0 Å². The Morgan fingerprint density at radius 1 is 1.33 bits per heavy atom. The lowest BCUT2D eigenvalue weighted by Gasteiger charge is -2.36. The van der Waals surface area contributed by atoms with E-state index in [1.54, 1.807) is 0 Å². The van der Waals surface area contributed by atoms with Crippen LogP contribution in [-0.2, 0) is 16.1 Å². The van der Waals surface area contributed by atoms with Crippen LogP contribution in [0.2, 0.25) is 0 Å². The lowest BCUT2D eigenvalue weighted by Crippen LogP contribution is -2.44. The third kappa shape index (κ3) is 5.14. The lowest BCUT2D eigenvalue weighted by atomic mass is 9.93. The van der Waals surface area contributed by atoms with Crippen molar-refractivity contribution in [2.75, 3.05) is 19.6 Å². The van der Waals surface area contributed by atoms with E-state index in [1.807, 2.05) is 44.2 Å². The molecule has 1 aromatic rings. The molecule has 0 bridgehead atoms. The van der Waals surface area contributed by atoms with Crippen LogP contribution < -0.4 is 0 Å². The number of carbonyl (C=O) groups is 1. The summed E-state index contributed by atoms with van der Waals surface area (Å²) >= 11 is 0. The standard InChI is InChI=1S/C17H25NO3/c1-14(12-18-10-8-17(2,20)9-11-18)16(19)21-13-15-6-4-3-5-7-15/h3-7,14,20H,8-13H2,1-2H3. The smallest absolute Gasteiger partial charge is 0.310 e. The molecule has 0 spiro atoms. The van der Waals surface area contributed by atoms with E-state index in [2.05, 4.69) is 4.90 Å². The van der Waals surface area contributed by atoms with Crippen molar-refractivity contribution in [3.05, 3.63) is 35.9 Å². The third-order valence-corrected chi connectivity index (χ3v) is 4.09. The predicted molar refractivity (Wildman–Crippen MR) is 81.7 cm³/mol. The summed E-state index contributed by atoms with van der Waals surface area (Å²) < 4.78 is 5.36. The molecule has 1 aliphatic heterocycles. The summed E-state index contributed by atoms with van der Waals surface area (Å²) in [5.74, 6) is -0.298. The zero-order valence-electron chi connectivity index (χ0n) is 12.9. The van der Waals surface area contributed by atoms with Crippen LogP contribution in [0, 0.1) is 5.92 Å². The van der Waals surface area contributed by atoms with Crippen molar-refractivity contribution in [3.63, 3.8) is 0 Å². The Morgan fingerprint density at radius 2 is 1.95 bits per heavy atom. The molecule has 0 amide bonds. The van der Waals surface area contributed by atoms with Gasteiger partial charge in [-0.15, -0.1) is 0 Å². The fourth-order valence-electron chi connectivity index (χ4n) is 2.55. The molecule has 1 N–H and O–H groups in total. The van der Waals surface area contributed by atoms with Gasteiger partial charge in [-0.1, -0.05) is 37.3 Å². The normalized spacial score (nSPS) is 20.0. The number of aliphatic hydroxyl groups is 1. The van der Waals surface area contributed by atoms with Crippen molar-refractivity contribution < 1.29 is 14.6 Å². The van der Waals surface area contributed by atoms with Crippen LogP contribution in [0.5, 0.6) is 0 Å². The van der Waals surface area contributed by atoms with Crippen LogP contribution in [0.25, 0.3) is 0 Å². The van der Waals surface area contributed by atoms with Crippen LogP contribution >= 0.6 is 0 Å². The number of rotatable bonds is 5. The van der Waals surface area contributed by atoms with Crippen LogP contribution in [0.1, 0.15) is 32.3 Å². The van der Waals surface area contributed by atoms with E-state index in [-0.39, 0.29) is 11.9 Å². The second kappa shape index (κ2) is 7.05. The second-order valence-corrected chi connectivity index (χ2v) is 6.29. The molecule has 1 unspecified atom stereocenters. The largest absolute Gasteiger partial charge is 0.461 e. The van der Waals surface area contributed by atoms with E-state index in [4.69, 9.17) is 4.74 Å². The summed E-state index contributed by atoms with van der Waals surface area (Å²) in [6, 6.07) is 9.72. The molecule has 1 saturated heterocycles. The topological polar surface area (TPSA) is 49.8 Å². The second-order valence-electron chi connectivity index (χ2n) is 6.29. The minimum absolute atomic E-state index is 0.142. The van der Waals surface area contributed by atoms with E-state index in [1.165, 1.54) is 0 Å². The number of nitrogens with zero attached hydrogens (tertiary/aromatic N) is 1. The number of ether oxygens (including phenoxy) is 1. The molecule has 1 fully saturated rings. The van der Waals surface area contributed by atoms with Gasteiger partial charge in [-0.25, -0.2) is 0 Å². The van der Waals surface area contributed by atoms with Gasteiger partial charge in [0.15, 0.2) is 0 Å². The first-order chi connectivity index (χ1) is 9.96. The Hall–Kier alpha value is -1.39. The summed E-state index contributed by atoms with van der Waals surface area (Å²) in [5, 5.41) is 9.93. The molecule has 1 aromatic carbocycles.